The second-order valence-corrected chi connectivity index (χ2v) is 2.62. The van der Waals surface area contributed by atoms with E-state index in [0.29, 0.717) is 0 Å². The highest BCUT2D eigenvalue weighted by Gasteiger charge is 1.90. The Labute approximate surface area is 83.7 Å². The summed E-state index contributed by atoms with van der Waals surface area (Å²) in [7, 11) is 0. The Hall–Kier alpha value is -0.720. The van der Waals surface area contributed by atoms with Crippen LogP contribution in [0.5, 0.6) is 0 Å². The van der Waals surface area contributed by atoms with Gasteiger partial charge in [0, 0.05) is 0 Å². The molecule has 0 bridgehead atoms. The highest BCUT2D eigenvalue weighted by atomic mass is 14.5. The SMILES string of the molecule is C/C=C(\CC)CCC/C=C\N.CC. The number of allylic oxidation sites excluding steroid dienone is 3. The van der Waals surface area contributed by atoms with Crippen molar-refractivity contribution in [3.63, 3.8) is 0 Å². The van der Waals surface area contributed by atoms with E-state index in [2.05, 4.69) is 19.9 Å². The van der Waals surface area contributed by atoms with Crippen molar-refractivity contribution in [3.05, 3.63) is 23.9 Å². The van der Waals surface area contributed by atoms with E-state index in [1.807, 2.05) is 19.9 Å². The first-order valence-electron chi connectivity index (χ1n) is 5.36. The molecule has 0 saturated heterocycles. The van der Waals surface area contributed by atoms with Crippen molar-refractivity contribution in [1.29, 1.82) is 0 Å². The van der Waals surface area contributed by atoms with Crippen LogP contribution in [0.4, 0.5) is 0 Å². The Morgan fingerprint density at radius 2 is 1.92 bits per heavy atom. The third kappa shape index (κ3) is 11.3. The molecule has 0 aromatic rings. The lowest BCUT2D eigenvalue weighted by molar-refractivity contribution is 0.800. The highest BCUT2D eigenvalue weighted by molar-refractivity contribution is 4.99. The van der Waals surface area contributed by atoms with E-state index in [1.54, 1.807) is 11.8 Å². The van der Waals surface area contributed by atoms with Gasteiger partial charge in [-0.3, -0.25) is 0 Å². The van der Waals surface area contributed by atoms with E-state index in [9.17, 15) is 0 Å². The maximum atomic E-state index is 5.22. The zero-order chi connectivity index (χ0) is 10.5. The molecule has 0 aromatic carbocycles. The largest absolute Gasteiger partial charge is 0.405 e. The van der Waals surface area contributed by atoms with Gasteiger partial charge in [0.15, 0.2) is 0 Å². The quantitative estimate of drug-likeness (QED) is 0.506. The lowest BCUT2D eigenvalue weighted by Gasteiger charge is -2.00. The first kappa shape index (κ1) is 14.8. The summed E-state index contributed by atoms with van der Waals surface area (Å²) in [6.45, 7) is 8.31. The summed E-state index contributed by atoms with van der Waals surface area (Å²) in [5, 5.41) is 0. The summed E-state index contributed by atoms with van der Waals surface area (Å²) in [6, 6.07) is 0. The van der Waals surface area contributed by atoms with Gasteiger partial charge in [-0.1, -0.05) is 38.5 Å². The van der Waals surface area contributed by atoms with Gasteiger partial charge in [-0.15, -0.1) is 0 Å². The van der Waals surface area contributed by atoms with E-state index >= 15 is 0 Å². The number of unbranched alkanes of at least 4 members (excludes halogenated alkanes) is 1. The predicted octanol–water partition coefficient (Wildman–Crippen LogP) is 4.01. The first-order valence-corrected chi connectivity index (χ1v) is 5.36. The molecule has 0 amide bonds. The third-order valence-corrected chi connectivity index (χ3v) is 1.87. The maximum absolute atomic E-state index is 5.22. The molecule has 0 aliphatic rings. The predicted molar refractivity (Wildman–Crippen MR) is 62.6 cm³/mol. The summed E-state index contributed by atoms with van der Waals surface area (Å²) < 4.78 is 0. The topological polar surface area (TPSA) is 26.0 Å². The molecule has 0 aliphatic carbocycles. The molecular formula is C12H25N. The van der Waals surface area contributed by atoms with Crippen molar-refractivity contribution in [2.24, 2.45) is 5.73 Å². The summed E-state index contributed by atoms with van der Waals surface area (Å²) in [5.74, 6) is 0. The second kappa shape index (κ2) is 13.8. The minimum Gasteiger partial charge on any atom is -0.405 e. The molecule has 0 spiro atoms. The summed E-state index contributed by atoms with van der Waals surface area (Å²) in [5.41, 5.74) is 6.77. The van der Waals surface area contributed by atoms with Gasteiger partial charge in [-0.05, 0) is 38.8 Å². The third-order valence-electron chi connectivity index (χ3n) is 1.87. The standard InChI is InChI=1S/C10H19N.C2H6/c1-3-10(4-2)8-6-5-7-9-11;1-2/h3,7,9H,4-6,8,11H2,1-2H3;1-2H3/b9-7-,10-3+;. The van der Waals surface area contributed by atoms with E-state index in [-0.39, 0.29) is 0 Å². The molecular weight excluding hydrogens is 158 g/mol. The van der Waals surface area contributed by atoms with Crippen LogP contribution in [0.15, 0.2) is 23.9 Å². The minimum absolute atomic E-state index is 1.10. The number of hydrogen-bond donors (Lipinski definition) is 1. The van der Waals surface area contributed by atoms with Gasteiger partial charge in [-0.25, -0.2) is 0 Å². The second-order valence-electron chi connectivity index (χ2n) is 2.62. The molecule has 78 valence electrons. The van der Waals surface area contributed by atoms with E-state index in [4.69, 9.17) is 5.73 Å². The molecule has 0 heterocycles. The molecule has 0 radical (unpaired) electrons. The first-order chi connectivity index (χ1) is 6.35. The zero-order valence-corrected chi connectivity index (χ0v) is 9.64. The fourth-order valence-electron chi connectivity index (χ4n) is 1.07. The fourth-order valence-corrected chi connectivity index (χ4v) is 1.07. The van der Waals surface area contributed by atoms with Gasteiger partial charge in [0.05, 0.1) is 0 Å². The molecule has 2 N–H and O–H groups in total. The normalized spacial score (nSPS) is 11.2. The van der Waals surface area contributed by atoms with Crippen LogP contribution in [-0.4, -0.2) is 0 Å². The Balaban J connectivity index is 0. The minimum atomic E-state index is 1.10. The number of hydrogen-bond acceptors (Lipinski definition) is 1. The van der Waals surface area contributed by atoms with Gasteiger partial charge >= 0.3 is 0 Å². The van der Waals surface area contributed by atoms with Gasteiger partial charge < -0.3 is 5.73 Å². The summed E-state index contributed by atoms with van der Waals surface area (Å²) >= 11 is 0. The molecule has 0 saturated carbocycles. The Bertz CT molecular complexity index is 134. The molecule has 1 heteroatoms. The molecule has 0 aliphatic heterocycles. The van der Waals surface area contributed by atoms with E-state index < -0.39 is 0 Å². The molecule has 0 unspecified atom stereocenters. The van der Waals surface area contributed by atoms with Gasteiger partial charge in [0.25, 0.3) is 0 Å². The Morgan fingerprint density at radius 3 is 2.31 bits per heavy atom. The van der Waals surface area contributed by atoms with Crippen LogP contribution >= 0.6 is 0 Å². The van der Waals surface area contributed by atoms with Crippen molar-refractivity contribution in [3.8, 4) is 0 Å². The van der Waals surface area contributed by atoms with Crippen molar-refractivity contribution in [2.75, 3.05) is 0 Å². The van der Waals surface area contributed by atoms with Crippen LogP contribution in [0, 0.1) is 0 Å². The van der Waals surface area contributed by atoms with Crippen molar-refractivity contribution >= 4 is 0 Å². The monoisotopic (exact) mass is 183 g/mol. The average Bonchev–Trinajstić information content (AvgIpc) is 2.21. The van der Waals surface area contributed by atoms with Crippen LogP contribution < -0.4 is 5.73 Å². The van der Waals surface area contributed by atoms with Gasteiger partial charge in [0.2, 0.25) is 0 Å². The molecule has 1 nitrogen and oxygen atoms in total. The summed E-state index contributed by atoms with van der Waals surface area (Å²) in [6.07, 6.45) is 10.6. The lowest BCUT2D eigenvalue weighted by atomic mass is 10.1. The average molecular weight is 183 g/mol. The van der Waals surface area contributed by atoms with Crippen molar-refractivity contribution in [1.82, 2.24) is 0 Å². The maximum Gasteiger partial charge on any atom is -0.0103 e. The van der Waals surface area contributed by atoms with Crippen molar-refractivity contribution < 1.29 is 0 Å². The molecule has 0 aromatic heterocycles. The highest BCUT2D eigenvalue weighted by Crippen LogP contribution is 2.10. The van der Waals surface area contributed by atoms with Crippen LogP contribution in [-0.2, 0) is 0 Å². The molecule has 0 fully saturated rings. The van der Waals surface area contributed by atoms with Crippen molar-refractivity contribution in [2.45, 2.75) is 53.4 Å². The lowest BCUT2D eigenvalue weighted by Crippen LogP contribution is -1.82. The number of nitrogens with two attached hydrogens (primary N) is 1. The van der Waals surface area contributed by atoms with Gasteiger partial charge in [0.1, 0.15) is 0 Å². The van der Waals surface area contributed by atoms with Crippen LogP contribution in [0.2, 0.25) is 0 Å². The van der Waals surface area contributed by atoms with Crippen LogP contribution in [0.1, 0.15) is 53.4 Å². The van der Waals surface area contributed by atoms with Crippen LogP contribution in [0.3, 0.4) is 0 Å². The smallest absolute Gasteiger partial charge is 0.0103 e. The summed E-state index contributed by atoms with van der Waals surface area (Å²) in [4.78, 5) is 0. The molecule has 0 rings (SSSR count). The van der Waals surface area contributed by atoms with E-state index in [1.165, 1.54) is 19.3 Å². The fraction of sp³-hybridized carbons (Fsp3) is 0.667. The van der Waals surface area contributed by atoms with Gasteiger partial charge in [-0.2, -0.15) is 0 Å². The van der Waals surface area contributed by atoms with Crippen LogP contribution in [0.25, 0.3) is 0 Å². The molecule has 13 heavy (non-hydrogen) atoms. The van der Waals surface area contributed by atoms with E-state index in [0.717, 1.165) is 6.42 Å². The molecule has 0 atom stereocenters. The zero-order valence-electron chi connectivity index (χ0n) is 9.64. The number of rotatable bonds is 5. The Morgan fingerprint density at radius 1 is 1.31 bits per heavy atom. The Kier molecular flexibility index (Phi) is 15.7.